The number of amides is 1. The van der Waals surface area contributed by atoms with Crippen molar-refractivity contribution in [1.29, 1.82) is 0 Å². The van der Waals surface area contributed by atoms with Gasteiger partial charge in [0.1, 0.15) is 13.2 Å². The quantitative estimate of drug-likeness (QED) is 0.0272. The fourth-order valence-corrected chi connectivity index (χ4v) is 9.29. The first-order valence-corrected chi connectivity index (χ1v) is 29.5. The maximum Gasteiger partial charge on any atom is 0.268 e. The molecule has 9 heteroatoms. The zero-order valence-electron chi connectivity index (χ0n) is 43.5. The molecule has 64 heavy (non-hydrogen) atoms. The summed E-state index contributed by atoms with van der Waals surface area (Å²) in [6, 6.07) is -0.800. The average Bonchev–Trinajstić information content (AvgIpc) is 3.25. The van der Waals surface area contributed by atoms with Crippen LogP contribution in [0.1, 0.15) is 284 Å². The Morgan fingerprint density at radius 1 is 0.531 bits per heavy atom. The van der Waals surface area contributed by atoms with Crippen LogP contribution in [0.25, 0.3) is 0 Å². The average molecular weight is 927 g/mol. The van der Waals surface area contributed by atoms with Gasteiger partial charge < -0.3 is 28.8 Å². The summed E-state index contributed by atoms with van der Waals surface area (Å²) in [4.78, 5) is 25.5. The van der Waals surface area contributed by atoms with Crippen LogP contribution < -0.4 is 10.2 Å². The molecule has 0 aromatic rings. The monoisotopic (exact) mass is 927 g/mol. The van der Waals surface area contributed by atoms with Gasteiger partial charge in [-0.1, -0.05) is 251 Å². The Morgan fingerprint density at radius 2 is 0.859 bits per heavy atom. The molecule has 0 saturated carbocycles. The number of carbonyl (C=O) groups excluding carboxylic acids is 1. The normalized spacial score (nSPS) is 14.0. The highest BCUT2D eigenvalue weighted by atomic mass is 31.2. The number of likely N-dealkylation sites (N-methyl/N-ethyl adjacent to an activating group) is 1. The molecule has 3 atom stereocenters. The number of quaternary nitrogens is 1. The van der Waals surface area contributed by atoms with Crippen LogP contribution in [0.15, 0.2) is 12.2 Å². The lowest BCUT2D eigenvalue weighted by Gasteiger charge is -2.30. The second kappa shape index (κ2) is 47.3. The Kier molecular flexibility index (Phi) is 46.8. The van der Waals surface area contributed by atoms with Crippen LogP contribution in [0.2, 0.25) is 0 Å². The standard InChI is InChI=1S/C55H111N2O6P/c1-6-8-10-12-14-16-18-20-22-24-26-27-28-29-30-31-32-34-36-38-40-42-44-46-48-54(58)53(52-63-64(60,61)62-51-50-57(3,4)5)56-55(59)49-47-45-43-41-39-37-35-33-25-23-21-19-17-15-13-11-9-7-2/h23,25,53-54,58H,6-22,24,26-52H2,1-5H3,(H-,56,59,60,61)/b25-23-. The summed E-state index contributed by atoms with van der Waals surface area (Å²) in [5.74, 6) is -0.165. The van der Waals surface area contributed by atoms with E-state index < -0.39 is 20.0 Å². The number of nitrogens with zero attached hydrogens (tertiary/aromatic N) is 1. The van der Waals surface area contributed by atoms with Gasteiger partial charge in [0.25, 0.3) is 7.82 Å². The zero-order chi connectivity index (χ0) is 47.1. The summed E-state index contributed by atoms with van der Waals surface area (Å²) in [7, 11) is 1.31. The van der Waals surface area contributed by atoms with Crippen molar-refractivity contribution in [3.63, 3.8) is 0 Å². The Hall–Kier alpha value is -0.760. The molecular weight excluding hydrogens is 816 g/mol. The third-order valence-electron chi connectivity index (χ3n) is 13.0. The van der Waals surface area contributed by atoms with Crippen molar-refractivity contribution in [2.45, 2.75) is 296 Å². The number of aliphatic hydroxyl groups excluding tert-OH is 1. The van der Waals surface area contributed by atoms with E-state index in [9.17, 15) is 19.4 Å². The van der Waals surface area contributed by atoms with E-state index in [1.807, 2.05) is 21.1 Å². The lowest BCUT2D eigenvalue weighted by atomic mass is 10.0. The van der Waals surface area contributed by atoms with Gasteiger partial charge in [-0.05, 0) is 38.5 Å². The van der Waals surface area contributed by atoms with Crippen LogP contribution in [0.4, 0.5) is 0 Å². The molecule has 0 aliphatic rings. The number of rotatable bonds is 52. The molecule has 0 aliphatic carbocycles. The van der Waals surface area contributed by atoms with Crippen LogP contribution in [0.5, 0.6) is 0 Å². The number of aliphatic hydroxyl groups is 1. The first kappa shape index (κ1) is 63.2. The number of carbonyl (C=O) groups is 1. The van der Waals surface area contributed by atoms with E-state index in [2.05, 4.69) is 31.3 Å². The SMILES string of the molecule is CCCCCCCCC/C=C\CCCCCCCCCC(=O)NC(COP(=O)([O-])OCC[N+](C)(C)C)C(O)CCCCCCCCCCCCCCCCCCCCCCCCCC. The van der Waals surface area contributed by atoms with Crippen LogP contribution in [-0.4, -0.2) is 68.5 Å². The van der Waals surface area contributed by atoms with Crippen molar-refractivity contribution in [1.82, 2.24) is 5.32 Å². The maximum absolute atomic E-state index is 13.0. The van der Waals surface area contributed by atoms with E-state index >= 15 is 0 Å². The first-order chi connectivity index (χ1) is 31.0. The van der Waals surface area contributed by atoms with Gasteiger partial charge in [0.2, 0.25) is 5.91 Å². The summed E-state index contributed by atoms with van der Waals surface area (Å²) >= 11 is 0. The molecule has 3 unspecified atom stereocenters. The topological polar surface area (TPSA) is 108 Å². The summed E-state index contributed by atoms with van der Waals surface area (Å²) in [5.41, 5.74) is 0. The van der Waals surface area contributed by atoms with E-state index in [1.165, 1.54) is 218 Å². The molecule has 0 bridgehead atoms. The lowest BCUT2D eigenvalue weighted by Crippen LogP contribution is -2.46. The third kappa shape index (κ3) is 49.2. The lowest BCUT2D eigenvalue weighted by molar-refractivity contribution is -0.870. The molecule has 0 spiro atoms. The summed E-state index contributed by atoms with van der Waals surface area (Å²) < 4.78 is 23.4. The zero-order valence-corrected chi connectivity index (χ0v) is 44.4. The number of hydrogen-bond acceptors (Lipinski definition) is 6. The van der Waals surface area contributed by atoms with E-state index in [1.54, 1.807) is 0 Å². The summed E-state index contributed by atoms with van der Waals surface area (Å²) in [6.45, 7) is 4.76. The number of phosphoric acid groups is 1. The number of nitrogens with one attached hydrogen (secondary N) is 1. The van der Waals surface area contributed by atoms with Crippen molar-refractivity contribution < 1.29 is 32.9 Å². The fourth-order valence-electron chi connectivity index (χ4n) is 8.57. The van der Waals surface area contributed by atoms with Crippen molar-refractivity contribution in [3.8, 4) is 0 Å². The van der Waals surface area contributed by atoms with E-state index in [0.717, 1.165) is 38.5 Å². The number of hydrogen-bond donors (Lipinski definition) is 2. The largest absolute Gasteiger partial charge is 0.756 e. The number of allylic oxidation sites excluding steroid dienone is 2. The molecular formula is C55H111N2O6P. The highest BCUT2D eigenvalue weighted by molar-refractivity contribution is 7.45. The molecule has 1 amide bonds. The predicted octanol–water partition coefficient (Wildman–Crippen LogP) is 16.0. The smallest absolute Gasteiger partial charge is 0.268 e. The van der Waals surface area contributed by atoms with Gasteiger partial charge in [0.05, 0.1) is 39.9 Å². The number of phosphoric ester groups is 1. The third-order valence-corrected chi connectivity index (χ3v) is 14.0. The minimum absolute atomic E-state index is 0.0137. The van der Waals surface area contributed by atoms with Crippen LogP contribution in [0, 0.1) is 0 Å². The van der Waals surface area contributed by atoms with Crippen LogP contribution in [-0.2, 0) is 18.4 Å². The van der Waals surface area contributed by atoms with Gasteiger partial charge in [-0.25, -0.2) is 0 Å². The highest BCUT2D eigenvalue weighted by Crippen LogP contribution is 2.38. The van der Waals surface area contributed by atoms with Gasteiger partial charge in [-0.2, -0.15) is 0 Å². The van der Waals surface area contributed by atoms with Gasteiger partial charge in [-0.3, -0.25) is 9.36 Å². The van der Waals surface area contributed by atoms with E-state index in [0.29, 0.717) is 23.9 Å². The molecule has 0 aliphatic heterocycles. The first-order valence-electron chi connectivity index (χ1n) is 28.0. The Balaban J connectivity index is 4.16. The molecule has 0 aromatic carbocycles. The molecule has 0 heterocycles. The summed E-state index contributed by atoms with van der Waals surface area (Å²) in [5, 5.41) is 14.0. The van der Waals surface area contributed by atoms with Crippen LogP contribution >= 0.6 is 7.82 Å². The summed E-state index contributed by atoms with van der Waals surface area (Å²) in [6.07, 6.45) is 56.6. The highest BCUT2D eigenvalue weighted by Gasteiger charge is 2.24. The van der Waals surface area contributed by atoms with E-state index in [-0.39, 0.29) is 19.1 Å². The Labute approximate surface area is 399 Å². The second-order valence-corrected chi connectivity index (χ2v) is 22.1. The van der Waals surface area contributed by atoms with Gasteiger partial charge in [0, 0.05) is 6.42 Å². The van der Waals surface area contributed by atoms with Gasteiger partial charge in [-0.15, -0.1) is 0 Å². The predicted molar refractivity (Wildman–Crippen MR) is 275 cm³/mol. The molecule has 382 valence electrons. The van der Waals surface area contributed by atoms with Gasteiger partial charge in [0.15, 0.2) is 0 Å². The molecule has 0 aromatic heterocycles. The van der Waals surface area contributed by atoms with Crippen molar-refractivity contribution in [2.75, 3.05) is 40.9 Å². The fraction of sp³-hybridized carbons (Fsp3) is 0.945. The minimum atomic E-state index is -4.57. The Morgan fingerprint density at radius 3 is 1.22 bits per heavy atom. The van der Waals surface area contributed by atoms with Crippen molar-refractivity contribution in [3.05, 3.63) is 12.2 Å². The molecule has 0 rings (SSSR count). The Bertz CT molecular complexity index is 1050. The molecule has 2 N–H and O–H groups in total. The van der Waals surface area contributed by atoms with Crippen molar-refractivity contribution in [2.24, 2.45) is 0 Å². The molecule has 0 saturated heterocycles. The number of unbranched alkanes of at least 4 members (excludes halogenated alkanes) is 37. The van der Waals surface area contributed by atoms with Crippen molar-refractivity contribution >= 4 is 13.7 Å². The molecule has 0 radical (unpaired) electrons. The second-order valence-electron chi connectivity index (χ2n) is 20.6. The minimum Gasteiger partial charge on any atom is -0.756 e. The van der Waals surface area contributed by atoms with E-state index in [4.69, 9.17) is 9.05 Å². The van der Waals surface area contributed by atoms with Gasteiger partial charge >= 0.3 is 0 Å². The molecule has 0 fully saturated rings. The maximum atomic E-state index is 13.0. The van der Waals surface area contributed by atoms with Crippen LogP contribution in [0.3, 0.4) is 0 Å². The molecule has 8 nitrogen and oxygen atoms in total.